The quantitative estimate of drug-likeness (QED) is 0.431. The summed E-state index contributed by atoms with van der Waals surface area (Å²) in [6, 6.07) is 34.6. The van der Waals surface area contributed by atoms with Crippen LogP contribution in [-0.4, -0.2) is 5.66 Å². The second-order valence-corrected chi connectivity index (χ2v) is 12.8. The van der Waals surface area contributed by atoms with Crippen molar-refractivity contribution in [3.8, 4) is 0 Å². The van der Waals surface area contributed by atoms with Crippen molar-refractivity contribution in [1.82, 2.24) is 0 Å². The molecule has 1 heteroatoms. The van der Waals surface area contributed by atoms with Gasteiger partial charge < -0.3 is 0 Å². The standard InChI is InChI=1S/C28H35P/c1-2-4-9-17-25(18-10-5-3-1)29(26-19-11-6-12-20-26,27-21-13-7-14-22-27)28-23-15-8-16-24-28/h6-8,11-16,19-25,29H,1-5,9-10,17-18H2. The van der Waals surface area contributed by atoms with E-state index in [0.29, 0.717) is 0 Å². The van der Waals surface area contributed by atoms with E-state index in [-0.39, 0.29) is 0 Å². The van der Waals surface area contributed by atoms with Gasteiger partial charge in [-0.05, 0) is 0 Å². The van der Waals surface area contributed by atoms with Crippen LogP contribution in [-0.2, 0) is 0 Å². The maximum absolute atomic E-state index is 2.42. The second-order valence-electron chi connectivity index (χ2n) is 8.66. The summed E-state index contributed by atoms with van der Waals surface area (Å²) in [6.45, 7) is 0. The topological polar surface area (TPSA) is 0 Å². The third kappa shape index (κ3) is 4.49. The number of hydrogen-bond acceptors (Lipinski definition) is 0. The Hall–Kier alpha value is -1.91. The van der Waals surface area contributed by atoms with Crippen LogP contribution in [0.1, 0.15) is 57.8 Å². The molecular weight excluding hydrogens is 367 g/mol. The van der Waals surface area contributed by atoms with E-state index in [1.807, 2.05) is 0 Å². The van der Waals surface area contributed by atoms with E-state index in [1.165, 1.54) is 57.8 Å². The molecule has 4 rings (SSSR count). The van der Waals surface area contributed by atoms with Crippen molar-refractivity contribution in [2.45, 2.75) is 63.4 Å². The summed E-state index contributed by atoms with van der Waals surface area (Å²) in [7, 11) is -2.12. The fraction of sp³-hybridized carbons (Fsp3) is 0.357. The van der Waals surface area contributed by atoms with Crippen LogP contribution in [0.2, 0.25) is 0 Å². The van der Waals surface area contributed by atoms with E-state index in [1.54, 1.807) is 15.9 Å². The zero-order valence-corrected chi connectivity index (χ0v) is 18.6. The molecule has 1 aliphatic rings. The summed E-state index contributed by atoms with van der Waals surface area (Å²) in [5, 5.41) is 4.75. The first-order valence-electron chi connectivity index (χ1n) is 11.6. The Balaban J connectivity index is 1.91. The maximum atomic E-state index is 2.42. The zero-order valence-electron chi connectivity index (χ0n) is 17.6. The van der Waals surface area contributed by atoms with Gasteiger partial charge >= 0.3 is 178 Å². The van der Waals surface area contributed by atoms with E-state index < -0.39 is 7.26 Å². The van der Waals surface area contributed by atoms with Crippen molar-refractivity contribution in [2.24, 2.45) is 0 Å². The van der Waals surface area contributed by atoms with Gasteiger partial charge in [-0.3, -0.25) is 0 Å². The van der Waals surface area contributed by atoms with Gasteiger partial charge in [0.1, 0.15) is 0 Å². The molecule has 0 radical (unpaired) electrons. The Morgan fingerprint density at radius 2 is 0.724 bits per heavy atom. The molecule has 0 heterocycles. The van der Waals surface area contributed by atoms with Gasteiger partial charge in [-0.25, -0.2) is 0 Å². The van der Waals surface area contributed by atoms with Crippen LogP contribution < -0.4 is 15.9 Å². The summed E-state index contributed by atoms with van der Waals surface area (Å²) in [5.74, 6) is 0. The fourth-order valence-corrected chi connectivity index (χ4v) is 11.4. The number of benzene rings is 3. The molecule has 0 aromatic heterocycles. The van der Waals surface area contributed by atoms with Gasteiger partial charge in [-0.2, -0.15) is 0 Å². The molecule has 152 valence electrons. The van der Waals surface area contributed by atoms with E-state index >= 15 is 0 Å². The molecular formula is C28H35P. The Labute approximate surface area is 177 Å². The predicted molar refractivity (Wildman–Crippen MR) is 132 cm³/mol. The molecule has 0 amide bonds. The molecule has 0 N–H and O–H groups in total. The van der Waals surface area contributed by atoms with Gasteiger partial charge in [0, 0.05) is 0 Å². The van der Waals surface area contributed by atoms with E-state index in [0.717, 1.165) is 5.66 Å². The van der Waals surface area contributed by atoms with Gasteiger partial charge in [-0.1, -0.05) is 0 Å². The van der Waals surface area contributed by atoms with Crippen molar-refractivity contribution in [3.05, 3.63) is 91.0 Å². The van der Waals surface area contributed by atoms with Crippen molar-refractivity contribution < 1.29 is 0 Å². The van der Waals surface area contributed by atoms with Crippen molar-refractivity contribution >= 4 is 23.2 Å². The van der Waals surface area contributed by atoms with Crippen molar-refractivity contribution in [2.75, 3.05) is 0 Å². The first-order chi connectivity index (χ1) is 14.4. The van der Waals surface area contributed by atoms with Crippen LogP contribution in [0.15, 0.2) is 91.0 Å². The second kappa shape index (κ2) is 10.2. The summed E-state index contributed by atoms with van der Waals surface area (Å²) in [6.07, 6.45) is 12.6. The van der Waals surface area contributed by atoms with Crippen LogP contribution >= 0.6 is 7.26 Å². The third-order valence-corrected chi connectivity index (χ3v) is 12.4. The predicted octanol–water partition coefficient (Wildman–Crippen LogP) is 6.61. The zero-order chi connectivity index (χ0) is 19.8. The Kier molecular flexibility index (Phi) is 7.18. The van der Waals surface area contributed by atoms with Crippen LogP contribution in [0.4, 0.5) is 0 Å². The van der Waals surface area contributed by atoms with Gasteiger partial charge in [0.15, 0.2) is 0 Å². The molecule has 3 aromatic carbocycles. The summed E-state index contributed by atoms with van der Waals surface area (Å²) in [4.78, 5) is 0. The van der Waals surface area contributed by atoms with E-state index in [2.05, 4.69) is 91.0 Å². The average molecular weight is 403 g/mol. The molecule has 0 unspecified atom stereocenters. The molecule has 1 saturated carbocycles. The molecule has 1 fully saturated rings. The van der Waals surface area contributed by atoms with Crippen molar-refractivity contribution in [3.63, 3.8) is 0 Å². The van der Waals surface area contributed by atoms with Crippen molar-refractivity contribution in [1.29, 1.82) is 0 Å². The first-order valence-corrected chi connectivity index (χ1v) is 13.7. The third-order valence-electron chi connectivity index (χ3n) is 6.90. The molecule has 0 saturated heterocycles. The van der Waals surface area contributed by atoms with Crippen LogP contribution in [0.5, 0.6) is 0 Å². The fourth-order valence-electron chi connectivity index (χ4n) is 5.55. The molecule has 0 atom stereocenters. The minimum absolute atomic E-state index is 0.757. The molecule has 0 nitrogen and oxygen atoms in total. The van der Waals surface area contributed by atoms with Gasteiger partial charge in [0.05, 0.1) is 0 Å². The Morgan fingerprint density at radius 1 is 0.414 bits per heavy atom. The van der Waals surface area contributed by atoms with E-state index in [9.17, 15) is 0 Å². The molecule has 0 spiro atoms. The number of rotatable bonds is 4. The van der Waals surface area contributed by atoms with Crippen LogP contribution in [0.3, 0.4) is 0 Å². The van der Waals surface area contributed by atoms with Crippen LogP contribution in [0, 0.1) is 0 Å². The van der Waals surface area contributed by atoms with Gasteiger partial charge in [0.25, 0.3) is 0 Å². The Morgan fingerprint density at radius 3 is 1.07 bits per heavy atom. The minimum atomic E-state index is -2.12. The molecule has 0 bridgehead atoms. The van der Waals surface area contributed by atoms with E-state index in [4.69, 9.17) is 0 Å². The number of hydrogen-bond donors (Lipinski definition) is 0. The normalized spacial score (nSPS) is 17.5. The summed E-state index contributed by atoms with van der Waals surface area (Å²) < 4.78 is 0. The molecule has 1 aliphatic carbocycles. The van der Waals surface area contributed by atoms with Gasteiger partial charge in [-0.15, -0.1) is 0 Å². The Bertz CT molecular complexity index is 735. The molecule has 0 aliphatic heterocycles. The first kappa shape index (κ1) is 20.4. The van der Waals surface area contributed by atoms with Gasteiger partial charge in [0.2, 0.25) is 0 Å². The SMILES string of the molecule is c1ccc([PH](c2ccccc2)(c2ccccc2)C2CCCCCCCCC2)cc1. The average Bonchev–Trinajstić information content (AvgIpc) is 2.81. The van der Waals surface area contributed by atoms with Crippen LogP contribution in [0.25, 0.3) is 0 Å². The summed E-state index contributed by atoms with van der Waals surface area (Å²) in [5.41, 5.74) is 0.757. The summed E-state index contributed by atoms with van der Waals surface area (Å²) >= 11 is 0. The monoisotopic (exact) mass is 402 g/mol. The molecule has 29 heavy (non-hydrogen) atoms. The molecule has 3 aromatic rings.